The van der Waals surface area contributed by atoms with Crippen LogP contribution in [0.4, 0.5) is 0 Å². The maximum absolute atomic E-state index is 10.7. The molecule has 1 heterocycles. The van der Waals surface area contributed by atoms with Crippen LogP contribution in [0.2, 0.25) is 0 Å². The molecule has 1 aromatic heterocycles. The molecular weight excluding hydrogens is 200 g/mol. The zero-order chi connectivity index (χ0) is 10.2. The number of carbonyl (C=O) groups is 1. The van der Waals surface area contributed by atoms with E-state index in [1.165, 1.54) is 0 Å². The van der Waals surface area contributed by atoms with E-state index in [1.54, 1.807) is 30.4 Å². The van der Waals surface area contributed by atoms with Crippen LogP contribution in [-0.2, 0) is 4.79 Å². The van der Waals surface area contributed by atoms with E-state index in [0.717, 1.165) is 17.2 Å². The second kappa shape index (κ2) is 6.33. The minimum absolute atomic E-state index is 0.134. The number of hydrazine groups is 1. The molecule has 5 nitrogen and oxygen atoms in total. The van der Waals surface area contributed by atoms with Gasteiger partial charge in [-0.2, -0.15) is 0 Å². The van der Waals surface area contributed by atoms with Crippen molar-refractivity contribution in [3.05, 3.63) is 18.6 Å². The number of thioether (sulfide) groups is 1. The molecule has 0 fully saturated rings. The zero-order valence-corrected chi connectivity index (χ0v) is 8.46. The van der Waals surface area contributed by atoms with Gasteiger partial charge in [-0.15, -0.1) is 11.8 Å². The predicted octanol–water partition coefficient (Wildman–Crippen LogP) is 0.339. The van der Waals surface area contributed by atoms with Crippen molar-refractivity contribution in [1.82, 2.24) is 15.4 Å². The van der Waals surface area contributed by atoms with Gasteiger partial charge in [0, 0.05) is 24.6 Å². The van der Waals surface area contributed by atoms with E-state index in [4.69, 9.17) is 5.84 Å². The van der Waals surface area contributed by atoms with E-state index < -0.39 is 0 Å². The molecular formula is C8H12N4OS. The Bertz CT molecular complexity index is 280. The van der Waals surface area contributed by atoms with Gasteiger partial charge in [0.2, 0.25) is 5.91 Å². The van der Waals surface area contributed by atoms with Gasteiger partial charge >= 0.3 is 0 Å². The van der Waals surface area contributed by atoms with Crippen LogP contribution in [-0.4, -0.2) is 21.6 Å². The third kappa shape index (κ3) is 4.20. The summed E-state index contributed by atoms with van der Waals surface area (Å²) in [6, 6.07) is 0. The molecule has 14 heavy (non-hydrogen) atoms. The maximum atomic E-state index is 10.7. The Labute approximate surface area is 86.5 Å². The number of nitrogens with zero attached hydrogens (tertiary/aromatic N) is 2. The van der Waals surface area contributed by atoms with E-state index in [-0.39, 0.29) is 5.91 Å². The SMILES string of the molecule is NNC(=O)CCCSc1cnccn1. The highest BCUT2D eigenvalue weighted by atomic mass is 32.2. The van der Waals surface area contributed by atoms with E-state index in [2.05, 4.69) is 15.4 Å². The van der Waals surface area contributed by atoms with Gasteiger partial charge in [0.15, 0.2) is 0 Å². The molecule has 0 saturated carbocycles. The van der Waals surface area contributed by atoms with Crippen molar-refractivity contribution in [3.8, 4) is 0 Å². The van der Waals surface area contributed by atoms with Crippen LogP contribution in [0.15, 0.2) is 23.6 Å². The lowest BCUT2D eigenvalue weighted by Crippen LogP contribution is -2.29. The lowest BCUT2D eigenvalue weighted by molar-refractivity contribution is -0.121. The average molecular weight is 212 g/mol. The molecule has 0 aliphatic rings. The molecule has 0 aromatic carbocycles. The Morgan fingerprint density at radius 3 is 3.07 bits per heavy atom. The highest BCUT2D eigenvalue weighted by Crippen LogP contribution is 2.14. The Balaban J connectivity index is 2.13. The molecule has 0 radical (unpaired) electrons. The van der Waals surface area contributed by atoms with E-state index in [1.807, 2.05) is 0 Å². The molecule has 0 bridgehead atoms. The van der Waals surface area contributed by atoms with Crippen molar-refractivity contribution >= 4 is 17.7 Å². The highest BCUT2D eigenvalue weighted by molar-refractivity contribution is 7.99. The van der Waals surface area contributed by atoms with Gasteiger partial charge in [0.25, 0.3) is 0 Å². The first-order valence-electron chi connectivity index (χ1n) is 4.21. The van der Waals surface area contributed by atoms with Crippen LogP contribution in [0.25, 0.3) is 0 Å². The van der Waals surface area contributed by atoms with Crippen LogP contribution in [0.1, 0.15) is 12.8 Å². The van der Waals surface area contributed by atoms with Gasteiger partial charge in [0.1, 0.15) is 5.03 Å². The number of nitrogens with one attached hydrogen (secondary N) is 1. The summed E-state index contributed by atoms with van der Waals surface area (Å²) in [5, 5.41) is 0.876. The summed E-state index contributed by atoms with van der Waals surface area (Å²) in [5.41, 5.74) is 2.09. The van der Waals surface area contributed by atoms with Crippen LogP contribution in [0.3, 0.4) is 0 Å². The van der Waals surface area contributed by atoms with Gasteiger partial charge in [-0.3, -0.25) is 15.2 Å². The fourth-order valence-electron chi connectivity index (χ4n) is 0.842. The van der Waals surface area contributed by atoms with Gasteiger partial charge in [0.05, 0.1) is 6.20 Å². The molecule has 0 aliphatic heterocycles. The van der Waals surface area contributed by atoms with Gasteiger partial charge < -0.3 is 0 Å². The summed E-state index contributed by atoms with van der Waals surface area (Å²) in [4.78, 5) is 18.8. The van der Waals surface area contributed by atoms with Crippen molar-refractivity contribution in [3.63, 3.8) is 0 Å². The van der Waals surface area contributed by atoms with Gasteiger partial charge in [-0.1, -0.05) is 0 Å². The lowest BCUT2D eigenvalue weighted by Gasteiger charge is -1.99. The van der Waals surface area contributed by atoms with Gasteiger partial charge in [-0.05, 0) is 6.42 Å². The topological polar surface area (TPSA) is 80.9 Å². The maximum Gasteiger partial charge on any atom is 0.233 e. The summed E-state index contributed by atoms with van der Waals surface area (Å²) < 4.78 is 0. The summed E-state index contributed by atoms with van der Waals surface area (Å²) in [7, 11) is 0. The number of amides is 1. The first-order valence-corrected chi connectivity index (χ1v) is 5.19. The number of nitrogens with two attached hydrogens (primary N) is 1. The van der Waals surface area contributed by atoms with Crippen molar-refractivity contribution < 1.29 is 4.79 Å². The average Bonchev–Trinajstić information content (AvgIpc) is 2.25. The summed E-state index contributed by atoms with van der Waals surface area (Å²) in [5.74, 6) is 5.64. The lowest BCUT2D eigenvalue weighted by atomic mass is 10.3. The minimum atomic E-state index is -0.134. The molecule has 0 unspecified atom stereocenters. The Hall–Kier alpha value is -1.14. The first-order chi connectivity index (χ1) is 6.83. The van der Waals surface area contributed by atoms with Crippen molar-refractivity contribution in [2.45, 2.75) is 17.9 Å². The molecule has 0 saturated heterocycles. The number of hydrogen-bond acceptors (Lipinski definition) is 5. The van der Waals surface area contributed by atoms with Crippen molar-refractivity contribution in [1.29, 1.82) is 0 Å². The molecule has 6 heteroatoms. The van der Waals surface area contributed by atoms with Crippen molar-refractivity contribution in [2.24, 2.45) is 5.84 Å². The third-order valence-corrected chi connectivity index (χ3v) is 2.50. The fraction of sp³-hybridized carbons (Fsp3) is 0.375. The van der Waals surface area contributed by atoms with Crippen LogP contribution < -0.4 is 11.3 Å². The monoisotopic (exact) mass is 212 g/mol. The summed E-state index contributed by atoms with van der Waals surface area (Å²) in [6.45, 7) is 0. The largest absolute Gasteiger partial charge is 0.294 e. The summed E-state index contributed by atoms with van der Waals surface area (Å²) >= 11 is 1.58. The van der Waals surface area contributed by atoms with Crippen molar-refractivity contribution in [2.75, 3.05) is 5.75 Å². The third-order valence-electron chi connectivity index (χ3n) is 1.50. The number of rotatable bonds is 5. The number of aromatic nitrogens is 2. The van der Waals surface area contributed by atoms with Gasteiger partial charge in [-0.25, -0.2) is 10.8 Å². The Morgan fingerprint density at radius 2 is 2.43 bits per heavy atom. The smallest absolute Gasteiger partial charge is 0.233 e. The predicted molar refractivity (Wildman–Crippen MR) is 54.3 cm³/mol. The molecule has 0 aliphatic carbocycles. The standard InChI is InChI=1S/C8H12N4OS/c9-12-7(13)2-1-5-14-8-6-10-3-4-11-8/h3-4,6H,1-2,5,9H2,(H,12,13). The molecule has 1 amide bonds. The second-order valence-corrected chi connectivity index (χ2v) is 3.68. The van der Waals surface area contributed by atoms with E-state index in [9.17, 15) is 4.79 Å². The molecule has 0 spiro atoms. The van der Waals surface area contributed by atoms with Crippen LogP contribution in [0, 0.1) is 0 Å². The second-order valence-electron chi connectivity index (χ2n) is 2.56. The fourth-order valence-corrected chi connectivity index (χ4v) is 1.61. The Morgan fingerprint density at radius 1 is 1.57 bits per heavy atom. The van der Waals surface area contributed by atoms with Crippen LogP contribution >= 0.6 is 11.8 Å². The minimum Gasteiger partial charge on any atom is -0.294 e. The molecule has 1 rings (SSSR count). The normalized spacial score (nSPS) is 9.79. The quantitative estimate of drug-likeness (QED) is 0.242. The highest BCUT2D eigenvalue weighted by Gasteiger charge is 1.99. The Kier molecular flexibility index (Phi) is 4.95. The number of hydrogen-bond donors (Lipinski definition) is 2. The van der Waals surface area contributed by atoms with Crippen LogP contribution in [0.5, 0.6) is 0 Å². The first kappa shape index (κ1) is 10.9. The molecule has 76 valence electrons. The molecule has 1 aromatic rings. The molecule has 0 atom stereocenters. The molecule has 3 N–H and O–H groups in total. The zero-order valence-electron chi connectivity index (χ0n) is 7.64. The van der Waals surface area contributed by atoms with E-state index >= 15 is 0 Å². The number of carbonyl (C=O) groups excluding carboxylic acids is 1. The summed E-state index contributed by atoms with van der Waals surface area (Å²) in [6.07, 6.45) is 6.21. The van der Waals surface area contributed by atoms with E-state index in [0.29, 0.717) is 6.42 Å².